The molecule has 1 aliphatic heterocycles. The average molecular weight is 355 g/mol. The first-order valence-corrected chi connectivity index (χ1v) is 9.05. The third-order valence-corrected chi connectivity index (χ3v) is 5.29. The quantitative estimate of drug-likeness (QED) is 0.823. The van der Waals surface area contributed by atoms with Gasteiger partial charge < -0.3 is 14.4 Å². The third-order valence-electron chi connectivity index (χ3n) is 5.29. The van der Waals surface area contributed by atoms with Gasteiger partial charge in [0.05, 0.1) is 6.10 Å². The van der Waals surface area contributed by atoms with E-state index in [1.807, 2.05) is 35.2 Å². The van der Waals surface area contributed by atoms with E-state index in [1.165, 1.54) is 12.1 Å². The summed E-state index contributed by atoms with van der Waals surface area (Å²) in [5.41, 5.74) is 0.994. The number of halogens is 1. The Hall–Kier alpha value is -2.56. The SMILES string of the molecule is O=C(OCc1ccccc1)N1C[C@H]2C[C@@H](Oc3ccc(F)cc3)C[C@H]2C1. The Morgan fingerprint density at radius 2 is 1.65 bits per heavy atom. The minimum Gasteiger partial charge on any atom is -0.490 e. The maximum atomic E-state index is 13.0. The molecule has 136 valence electrons. The summed E-state index contributed by atoms with van der Waals surface area (Å²) in [4.78, 5) is 14.1. The predicted molar refractivity (Wildman–Crippen MR) is 95.2 cm³/mol. The van der Waals surface area contributed by atoms with Crippen LogP contribution in [0.4, 0.5) is 9.18 Å². The number of amides is 1. The van der Waals surface area contributed by atoms with Crippen LogP contribution < -0.4 is 4.74 Å². The van der Waals surface area contributed by atoms with Crippen LogP contribution in [0.25, 0.3) is 0 Å². The van der Waals surface area contributed by atoms with Crippen LogP contribution in [0.2, 0.25) is 0 Å². The molecule has 0 radical (unpaired) electrons. The lowest BCUT2D eigenvalue weighted by molar-refractivity contribution is 0.0986. The summed E-state index contributed by atoms with van der Waals surface area (Å²) in [5.74, 6) is 1.34. The van der Waals surface area contributed by atoms with E-state index in [0.29, 0.717) is 24.2 Å². The second-order valence-electron chi connectivity index (χ2n) is 7.13. The van der Waals surface area contributed by atoms with Gasteiger partial charge in [-0.05, 0) is 54.5 Å². The molecule has 26 heavy (non-hydrogen) atoms. The van der Waals surface area contributed by atoms with Crippen molar-refractivity contribution in [3.05, 3.63) is 66.0 Å². The smallest absolute Gasteiger partial charge is 0.410 e. The van der Waals surface area contributed by atoms with Crippen LogP contribution in [0.5, 0.6) is 5.75 Å². The molecule has 0 spiro atoms. The predicted octanol–water partition coefficient (Wildman–Crippen LogP) is 4.25. The molecule has 1 saturated heterocycles. The minimum absolute atomic E-state index is 0.137. The number of fused-ring (bicyclic) bond motifs is 1. The number of carbonyl (C=O) groups is 1. The number of likely N-dealkylation sites (tertiary alicyclic amines) is 1. The number of rotatable bonds is 4. The highest BCUT2D eigenvalue weighted by Crippen LogP contribution is 2.40. The van der Waals surface area contributed by atoms with E-state index in [4.69, 9.17) is 9.47 Å². The highest BCUT2D eigenvalue weighted by Gasteiger charge is 2.43. The van der Waals surface area contributed by atoms with Crippen molar-refractivity contribution >= 4 is 6.09 Å². The molecule has 0 N–H and O–H groups in total. The molecule has 1 heterocycles. The van der Waals surface area contributed by atoms with Gasteiger partial charge in [0, 0.05) is 13.1 Å². The van der Waals surface area contributed by atoms with E-state index in [-0.39, 0.29) is 18.0 Å². The fourth-order valence-electron chi connectivity index (χ4n) is 4.01. The maximum absolute atomic E-state index is 13.0. The normalized spacial score (nSPS) is 24.3. The number of benzene rings is 2. The van der Waals surface area contributed by atoms with Gasteiger partial charge in [0.1, 0.15) is 18.2 Å². The van der Waals surface area contributed by atoms with Crippen LogP contribution in [-0.4, -0.2) is 30.2 Å². The molecule has 3 atom stereocenters. The number of carbonyl (C=O) groups excluding carboxylic acids is 1. The molecule has 0 unspecified atom stereocenters. The zero-order valence-electron chi connectivity index (χ0n) is 14.5. The molecule has 0 aromatic heterocycles. The molecule has 2 fully saturated rings. The van der Waals surface area contributed by atoms with Crippen LogP contribution in [0.3, 0.4) is 0 Å². The van der Waals surface area contributed by atoms with Crippen molar-refractivity contribution < 1.29 is 18.7 Å². The van der Waals surface area contributed by atoms with Gasteiger partial charge in [-0.3, -0.25) is 0 Å². The average Bonchev–Trinajstić information content (AvgIpc) is 3.21. The number of hydrogen-bond acceptors (Lipinski definition) is 3. The molecular formula is C21H22FNO3. The number of ether oxygens (including phenoxy) is 2. The lowest BCUT2D eigenvalue weighted by Crippen LogP contribution is -2.31. The van der Waals surface area contributed by atoms with Gasteiger partial charge in [0.25, 0.3) is 0 Å². The monoisotopic (exact) mass is 355 g/mol. The van der Waals surface area contributed by atoms with E-state index < -0.39 is 0 Å². The summed E-state index contributed by atoms with van der Waals surface area (Å²) in [7, 11) is 0. The lowest BCUT2D eigenvalue weighted by atomic mass is 10.0. The van der Waals surface area contributed by atoms with E-state index in [0.717, 1.165) is 31.5 Å². The highest BCUT2D eigenvalue weighted by molar-refractivity contribution is 5.68. The van der Waals surface area contributed by atoms with Gasteiger partial charge in [0.2, 0.25) is 0 Å². The van der Waals surface area contributed by atoms with Crippen LogP contribution in [0.1, 0.15) is 18.4 Å². The van der Waals surface area contributed by atoms with Crippen molar-refractivity contribution in [2.45, 2.75) is 25.6 Å². The first-order chi connectivity index (χ1) is 12.7. The molecule has 1 aliphatic carbocycles. The van der Waals surface area contributed by atoms with Gasteiger partial charge in [-0.1, -0.05) is 30.3 Å². The van der Waals surface area contributed by atoms with Crippen molar-refractivity contribution in [1.29, 1.82) is 0 Å². The standard InChI is InChI=1S/C21H22FNO3/c22-18-6-8-19(9-7-18)26-20-10-16-12-23(13-17(16)11-20)21(24)25-14-15-4-2-1-3-5-15/h1-9,16-17,20H,10-14H2/t16-,17+,20-. The second kappa shape index (κ2) is 7.36. The van der Waals surface area contributed by atoms with Crippen molar-refractivity contribution in [1.82, 2.24) is 4.90 Å². The maximum Gasteiger partial charge on any atom is 0.410 e. The van der Waals surface area contributed by atoms with Gasteiger partial charge >= 0.3 is 6.09 Å². The number of nitrogens with zero attached hydrogens (tertiary/aromatic N) is 1. The van der Waals surface area contributed by atoms with E-state index in [2.05, 4.69) is 0 Å². The van der Waals surface area contributed by atoms with Crippen molar-refractivity contribution in [3.8, 4) is 5.75 Å². The fraction of sp³-hybridized carbons (Fsp3) is 0.381. The van der Waals surface area contributed by atoms with Gasteiger partial charge in [-0.15, -0.1) is 0 Å². The van der Waals surface area contributed by atoms with Crippen LogP contribution in [-0.2, 0) is 11.3 Å². The molecule has 5 heteroatoms. The molecule has 0 bridgehead atoms. The fourth-order valence-corrected chi connectivity index (χ4v) is 4.01. The first-order valence-electron chi connectivity index (χ1n) is 9.05. The highest BCUT2D eigenvalue weighted by atomic mass is 19.1. The van der Waals surface area contributed by atoms with Crippen molar-refractivity contribution in [2.24, 2.45) is 11.8 Å². The summed E-state index contributed by atoms with van der Waals surface area (Å²) in [6.07, 6.45) is 1.74. The van der Waals surface area contributed by atoms with Gasteiger partial charge in [-0.2, -0.15) is 0 Å². The third kappa shape index (κ3) is 3.82. The Labute approximate surface area is 152 Å². The summed E-state index contributed by atoms with van der Waals surface area (Å²) >= 11 is 0. The topological polar surface area (TPSA) is 38.8 Å². The molecule has 1 amide bonds. The summed E-state index contributed by atoms with van der Waals surface area (Å²) in [6, 6.07) is 15.9. The summed E-state index contributed by atoms with van der Waals surface area (Å²) in [5, 5.41) is 0. The molecule has 4 nitrogen and oxygen atoms in total. The van der Waals surface area contributed by atoms with Crippen LogP contribution in [0, 0.1) is 17.7 Å². The summed E-state index contributed by atoms with van der Waals surface area (Å²) < 4.78 is 24.4. The first kappa shape index (κ1) is 16.9. The molecule has 2 aromatic carbocycles. The van der Waals surface area contributed by atoms with E-state index in [9.17, 15) is 9.18 Å². The minimum atomic E-state index is -0.259. The zero-order valence-corrected chi connectivity index (χ0v) is 14.5. The molecule has 2 aromatic rings. The number of hydrogen-bond donors (Lipinski definition) is 0. The molecular weight excluding hydrogens is 333 g/mol. The Morgan fingerprint density at radius 1 is 1.00 bits per heavy atom. The Bertz CT molecular complexity index is 736. The van der Waals surface area contributed by atoms with Crippen molar-refractivity contribution in [3.63, 3.8) is 0 Å². The molecule has 4 rings (SSSR count). The second-order valence-corrected chi connectivity index (χ2v) is 7.13. The van der Waals surface area contributed by atoms with Crippen LogP contribution >= 0.6 is 0 Å². The van der Waals surface area contributed by atoms with E-state index in [1.54, 1.807) is 12.1 Å². The van der Waals surface area contributed by atoms with Gasteiger partial charge in [-0.25, -0.2) is 9.18 Å². The van der Waals surface area contributed by atoms with Gasteiger partial charge in [0.15, 0.2) is 0 Å². The zero-order chi connectivity index (χ0) is 17.9. The molecule has 1 saturated carbocycles. The Morgan fingerprint density at radius 3 is 2.31 bits per heavy atom. The Kier molecular flexibility index (Phi) is 4.78. The Balaban J connectivity index is 1.25. The summed E-state index contributed by atoms with van der Waals surface area (Å²) in [6.45, 7) is 1.75. The van der Waals surface area contributed by atoms with E-state index >= 15 is 0 Å². The van der Waals surface area contributed by atoms with Crippen molar-refractivity contribution in [2.75, 3.05) is 13.1 Å². The van der Waals surface area contributed by atoms with Crippen LogP contribution in [0.15, 0.2) is 54.6 Å². The molecule has 2 aliphatic rings. The lowest BCUT2D eigenvalue weighted by Gasteiger charge is -2.20. The largest absolute Gasteiger partial charge is 0.490 e.